The Morgan fingerprint density at radius 2 is 1.58 bits per heavy atom. The monoisotopic (exact) mass is 450 g/mol. The van der Waals surface area contributed by atoms with Gasteiger partial charge in [-0.2, -0.15) is 31.3 Å². The molecule has 0 aliphatic heterocycles. The van der Waals surface area contributed by atoms with E-state index in [0.717, 1.165) is 0 Å². The van der Waals surface area contributed by atoms with Gasteiger partial charge < -0.3 is 13.7 Å². The fraction of sp³-hybridized carbons (Fsp3) is 0.444. The predicted octanol–water partition coefficient (Wildman–Crippen LogP) is 5.35. The molecule has 0 radical (unpaired) electrons. The first-order valence-corrected chi connectivity index (χ1v) is 8.96. The summed E-state index contributed by atoms with van der Waals surface area (Å²) in [7, 11) is 0. The van der Waals surface area contributed by atoms with Gasteiger partial charge in [-0.15, -0.1) is 10.2 Å². The van der Waals surface area contributed by atoms with Crippen LogP contribution in [0.3, 0.4) is 0 Å². The zero-order valence-corrected chi connectivity index (χ0v) is 16.4. The summed E-state index contributed by atoms with van der Waals surface area (Å²) in [5.41, 5.74) is 1.41. The first kappa shape index (κ1) is 22.6. The number of aryl methyl sites for hydroxylation is 2. The number of hydrogen-bond acceptors (Lipinski definition) is 7. The summed E-state index contributed by atoms with van der Waals surface area (Å²) in [5, 5.41) is 9.81. The number of alkyl halides is 6. The van der Waals surface area contributed by atoms with Gasteiger partial charge >= 0.3 is 24.1 Å². The molecule has 0 saturated carbocycles. The van der Waals surface area contributed by atoms with Gasteiger partial charge in [0, 0.05) is 5.56 Å². The van der Waals surface area contributed by atoms with E-state index in [1.54, 1.807) is 20.8 Å². The lowest BCUT2D eigenvalue weighted by molar-refractivity contribution is -0.159. The Labute approximate surface area is 171 Å². The molecule has 1 unspecified atom stereocenters. The van der Waals surface area contributed by atoms with Gasteiger partial charge in [-0.1, -0.05) is 12.1 Å². The Hall–Kier alpha value is -3.12. The first-order chi connectivity index (χ1) is 14.4. The average Bonchev–Trinajstić information content (AvgIpc) is 3.33. The molecule has 7 nitrogen and oxygen atoms in total. The second-order valence-corrected chi connectivity index (χ2v) is 6.72. The summed E-state index contributed by atoms with van der Waals surface area (Å²) >= 11 is 0. The van der Waals surface area contributed by atoms with E-state index in [-0.39, 0.29) is 18.3 Å². The molecule has 0 saturated heterocycles. The van der Waals surface area contributed by atoms with E-state index in [0.29, 0.717) is 28.9 Å². The summed E-state index contributed by atoms with van der Waals surface area (Å²) in [6, 6.07) is 3.03. The maximum Gasteiger partial charge on any atom is 0.471 e. The number of ether oxygens (including phenoxy) is 1. The van der Waals surface area contributed by atoms with E-state index in [4.69, 9.17) is 9.15 Å². The third kappa shape index (κ3) is 4.97. The molecule has 0 aliphatic carbocycles. The van der Waals surface area contributed by atoms with Gasteiger partial charge in [-0.3, -0.25) is 0 Å². The molecule has 168 valence electrons. The van der Waals surface area contributed by atoms with Crippen LogP contribution in [-0.2, 0) is 12.4 Å². The van der Waals surface area contributed by atoms with Crippen LogP contribution in [0.5, 0.6) is 5.75 Å². The Morgan fingerprint density at radius 3 is 2.06 bits per heavy atom. The molecule has 13 heteroatoms. The smallest absolute Gasteiger partial charge is 0.471 e. The third-order valence-corrected chi connectivity index (χ3v) is 4.34. The summed E-state index contributed by atoms with van der Waals surface area (Å²) < 4.78 is 90.7. The molecule has 31 heavy (non-hydrogen) atoms. The van der Waals surface area contributed by atoms with Gasteiger partial charge in [0.15, 0.2) is 0 Å². The lowest BCUT2D eigenvalue weighted by Crippen LogP contribution is -2.11. The van der Waals surface area contributed by atoms with Crippen molar-refractivity contribution in [2.24, 2.45) is 0 Å². The van der Waals surface area contributed by atoms with Crippen LogP contribution < -0.4 is 4.74 Å². The maximum absolute atomic E-state index is 12.7. The predicted molar refractivity (Wildman–Crippen MR) is 92.0 cm³/mol. The van der Waals surface area contributed by atoms with Gasteiger partial charge in [0.25, 0.3) is 0 Å². The van der Waals surface area contributed by atoms with E-state index >= 15 is 0 Å². The van der Waals surface area contributed by atoms with Crippen molar-refractivity contribution in [1.29, 1.82) is 0 Å². The van der Waals surface area contributed by atoms with Crippen molar-refractivity contribution < 1.29 is 40.0 Å². The molecule has 0 N–H and O–H groups in total. The number of nitrogens with zero attached hydrogens (tertiary/aromatic N) is 4. The van der Waals surface area contributed by atoms with Gasteiger partial charge in [0.05, 0.1) is 12.5 Å². The quantitative estimate of drug-likeness (QED) is 0.468. The van der Waals surface area contributed by atoms with Crippen molar-refractivity contribution in [2.45, 2.75) is 45.5 Å². The molecular formula is C18H16F6N4O3. The van der Waals surface area contributed by atoms with Crippen molar-refractivity contribution in [3.05, 3.63) is 40.9 Å². The molecule has 1 atom stereocenters. The van der Waals surface area contributed by atoms with Crippen LogP contribution in [0.15, 0.2) is 21.1 Å². The minimum Gasteiger partial charge on any atom is -0.492 e. The third-order valence-electron chi connectivity index (χ3n) is 4.34. The van der Waals surface area contributed by atoms with Crippen molar-refractivity contribution in [1.82, 2.24) is 20.3 Å². The fourth-order valence-electron chi connectivity index (χ4n) is 2.82. The standard InChI is InChI=1S/C18H16F6N4O3/c1-4-10(14-26-27-16(30-14)18(22,23)24)7-29-12-8(2)5-11(6-9(12)3)13-25-15(31-28-13)17(19,20)21/h5-6,10H,4,7H2,1-3H3. The lowest BCUT2D eigenvalue weighted by atomic mass is 10.0. The van der Waals surface area contributed by atoms with Crippen LogP contribution in [0, 0.1) is 13.8 Å². The zero-order chi connectivity index (χ0) is 23.0. The number of aromatic nitrogens is 4. The lowest BCUT2D eigenvalue weighted by Gasteiger charge is -2.16. The summed E-state index contributed by atoms with van der Waals surface area (Å²) in [5.74, 6) is -3.50. The van der Waals surface area contributed by atoms with Gasteiger partial charge in [0.1, 0.15) is 5.75 Å². The summed E-state index contributed by atoms with van der Waals surface area (Å²) in [6.45, 7) is 5.00. The van der Waals surface area contributed by atoms with Crippen molar-refractivity contribution >= 4 is 0 Å². The number of halogens is 6. The first-order valence-electron chi connectivity index (χ1n) is 8.96. The Kier molecular flexibility index (Phi) is 5.96. The molecular weight excluding hydrogens is 434 g/mol. The normalized spacial score (nSPS) is 13.5. The van der Waals surface area contributed by atoms with Crippen LogP contribution in [0.2, 0.25) is 0 Å². The Bertz CT molecular complexity index is 1030. The highest BCUT2D eigenvalue weighted by Gasteiger charge is 2.39. The number of hydrogen-bond donors (Lipinski definition) is 0. The second kappa shape index (κ2) is 8.19. The van der Waals surface area contributed by atoms with E-state index in [1.807, 2.05) is 0 Å². The van der Waals surface area contributed by atoms with Crippen molar-refractivity contribution in [3.63, 3.8) is 0 Å². The van der Waals surface area contributed by atoms with Crippen LogP contribution >= 0.6 is 0 Å². The van der Waals surface area contributed by atoms with Crippen LogP contribution in [-0.4, -0.2) is 26.9 Å². The van der Waals surface area contributed by atoms with E-state index in [1.165, 1.54) is 12.1 Å². The fourth-order valence-corrected chi connectivity index (χ4v) is 2.82. The minimum absolute atomic E-state index is 0.0442. The highest BCUT2D eigenvalue weighted by molar-refractivity contribution is 5.61. The molecule has 0 spiro atoms. The molecule has 0 aliphatic rings. The number of benzene rings is 1. The zero-order valence-electron chi connectivity index (χ0n) is 16.4. The summed E-state index contributed by atoms with van der Waals surface area (Å²) in [4.78, 5) is 3.35. The molecule has 0 amide bonds. The second-order valence-electron chi connectivity index (χ2n) is 6.72. The van der Waals surface area contributed by atoms with Gasteiger partial charge in [0.2, 0.25) is 11.7 Å². The molecule has 3 rings (SSSR count). The molecule has 1 aromatic carbocycles. The largest absolute Gasteiger partial charge is 0.492 e. The van der Waals surface area contributed by atoms with Crippen LogP contribution in [0.4, 0.5) is 26.3 Å². The molecule has 2 heterocycles. The van der Waals surface area contributed by atoms with Gasteiger partial charge in [-0.25, -0.2) is 0 Å². The highest BCUT2D eigenvalue weighted by Crippen LogP contribution is 2.34. The topological polar surface area (TPSA) is 87.1 Å². The molecule has 3 aromatic rings. The van der Waals surface area contributed by atoms with Crippen molar-refractivity contribution in [2.75, 3.05) is 6.61 Å². The molecule has 2 aromatic heterocycles. The Balaban J connectivity index is 1.77. The maximum atomic E-state index is 12.7. The minimum atomic E-state index is -4.76. The van der Waals surface area contributed by atoms with Crippen LogP contribution in [0.1, 0.15) is 48.1 Å². The van der Waals surface area contributed by atoms with Crippen LogP contribution in [0.25, 0.3) is 11.4 Å². The number of rotatable bonds is 6. The molecule has 0 bridgehead atoms. The van der Waals surface area contributed by atoms with Crippen molar-refractivity contribution in [3.8, 4) is 17.1 Å². The van der Waals surface area contributed by atoms with Gasteiger partial charge in [-0.05, 0) is 43.5 Å². The SMILES string of the molecule is CCC(COc1c(C)cc(-c2noc(C(F)(F)F)n2)cc1C)c1nnc(C(F)(F)F)o1. The van der Waals surface area contributed by atoms with E-state index < -0.39 is 30.1 Å². The van der Waals surface area contributed by atoms with E-state index in [9.17, 15) is 26.3 Å². The average molecular weight is 450 g/mol. The van der Waals surface area contributed by atoms with E-state index in [2.05, 4.69) is 24.9 Å². The molecule has 0 fully saturated rings. The Morgan fingerprint density at radius 1 is 0.968 bits per heavy atom. The highest BCUT2D eigenvalue weighted by atomic mass is 19.4. The summed E-state index contributed by atoms with van der Waals surface area (Å²) in [6.07, 6.45) is -9.12.